The summed E-state index contributed by atoms with van der Waals surface area (Å²) in [6.07, 6.45) is 2.75. The van der Waals surface area contributed by atoms with Gasteiger partial charge >= 0.3 is 6.03 Å². The van der Waals surface area contributed by atoms with Crippen molar-refractivity contribution in [2.45, 2.75) is 32.6 Å². The van der Waals surface area contributed by atoms with Crippen molar-refractivity contribution in [1.29, 1.82) is 0 Å². The molecule has 1 heterocycles. The molecule has 2 fully saturated rings. The number of carbonyl (C=O) groups is 3. The number of carbonyl (C=O) groups excluding carboxylic acids is 3. The van der Waals surface area contributed by atoms with Crippen molar-refractivity contribution in [3.05, 3.63) is 0 Å². The van der Waals surface area contributed by atoms with Crippen LogP contribution in [-0.2, 0) is 9.59 Å². The van der Waals surface area contributed by atoms with Crippen molar-refractivity contribution < 1.29 is 14.4 Å². The van der Waals surface area contributed by atoms with E-state index in [1.165, 1.54) is 0 Å². The molecule has 0 bridgehead atoms. The summed E-state index contributed by atoms with van der Waals surface area (Å²) in [6.45, 7) is 1.69. The van der Waals surface area contributed by atoms with E-state index in [2.05, 4.69) is 17.2 Å². The van der Waals surface area contributed by atoms with Gasteiger partial charge in [-0.05, 0) is 19.8 Å². The van der Waals surface area contributed by atoms with Gasteiger partial charge in [0.25, 0.3) is 0 Å². The normalized spacial score (nSPS) is 22.4. The van der Waals surface area contributed by atoms with Crippen LogP contribution in [0, 0.1) is 17.3 Å². The molecule has 0 unspecified atom stereocenters. The maximum absolute atomic E-state index is 12.3. The molecule has 1 spiro atoms. The molecule has 0 aromatic carbocycles. The maximum atomic E-state index is 12.3. The number of nitrogens with one attached hydrogen (secondary N) is 1. The van der Waals surface area contributed by atoms with E-state index in [0.717, 1.165) is 17.7 Å². The Hall–Kier alpha value is -1.83. The summed E-state index contributed by atoms with van der Waals surface area (Å²) in [7, 11) is 0. The van der Waals surface area contributed by atoms with Gasteiger partial charge in [-0.3, -0.25) is 19.8 Å². The highest BCUT2D eigenvalue weighted by Crippen LogP contribution is 2.41. The molecule has 0 atom stereocenters. The molecule has 0 aromatic rings. The number of rotatable bonds is 1. The van der Waals surface area contributed by atoms with E-state index in [1.807, 2.05) is 0 Å². The number of hydrogen-bond donors (Lipinski definition) is 1. The van der Waals surface area contributed by atoms with E-state index < -0.39 is 17.4 Å². The Morgan fingerprint density at radius 2 is 1.94 bits per heavy atom. The van der Waals surface area contributed by atoms with Crippen LogP contribution in [0.3, 0.4) is 0 Å². The Labute approximate surface area is 99.5 Å². The first-order valence-corrected chi connectivity index (χ1v) is 5.69. The lowest BCUT2D eigenvalue weighted by molar-refractivity contribution is -0.150. The van der Waals surface area contributed by atoms with Gasteiger partial charge in [-0.25, -0.2) is 4.79 Å². The number of nitrogens with zero attached hydrogens (tertiary/aromatic N) is 1. The zero-order valence-corrected chi connectivity index (χ0v) is 9.71. The molecule has 1 aliphatic heterocycles. The average Bonchev–Trinajstić information content (AvgIpc) is 2.77. The Morgan fingerprint density at radius 1 is 1.29 bits per heavy atom. The molecule has 5 nitrogen and oxygen atoms in total. The van der Waals surface area contributed by atoms with Crippen molar-refractivity contribution in [2.75, 3.05) is 6.54 Å². The fraction of sp³-hybridized carbons (Fsp3) is 0.583. The van der Waals surface area contributed by atoms with Crippen LogP contribution < -0.4 is 5.32 Å². The van der Waals surface area contributed by atoms with Crippen LogP contribution in [-0.4, -0.2) is 29.3 Å². The maximum Gasteiger partial charge on any atom is 0.331 e. The molecule has 2 aliphatic rings. The van der Waals surface area contributed by atoms with Crippen molar-refractivity contribution in [2.24, 2.45) is 5.41 Å². The highest BCUT2D eigenvalue weighted by atomic mass is 16.2. The van der Waals surface area contributed by atoms with Crippen molar-refractivity contribution in [1.82, 2.24) is 10.2 Å². The molecule has 5 heteroatoms. The van der Waals surface area contributed by atoms with Crippen LogP contribution in [0.25, 0.3) is 0 Å². The van der Waals surface area contributed by atoms with Gasteiger partial charge in [0.1, 0.15) is 5.41 Å². The van der Waals surface area contributed by atoms with Gasteiger partial charge in [-0.1, -0.05) is 18.8 Å². The number of imide groups is 2. The molecule has 1 N–H and O–H groups in total. The van der Waals surface area contributed by atoms with Crippen LogP contribution in [0.15, 0.2) is 0 Å². The van der Waals surface area contributed by atoms with E-state index >= 15 is 0 Å². The van der Waals surface area contributed by atoms with E-state index in [9.17, 15) is 14.4 Å². The highest BCUT2D eigenvalue weighted by Gasteiger charge is 2.54. The Morgan fingerprint density at radius 3 is 2.53 bits per heavy atom. The van der Waals surface area contributed by atoms with Gasteiger partial charge < -0.3 is 0 Å². The van der Waals surface area contributed by atoms with Gasteiger partial charge in [-0.15, -0.1) is 5.92 Å². The smallest absolute Gasteiger partial charge is 0.277 e. The molecule has 90 valence electrons. The molecule has 17 heavy (non-hydrogen) atoms. The third-order valence-corrected chi connectivity index (χ3v) is 3.43. The third kappa shape index (κ3) is 1.70. The lowest BCUT2D eigenvalue weighted by Gasteiger charge is -2.35. The second kappa shape index (κ2) is 4.21. The third-order valence-electron chi connectivity index (χ3n) is 3.43. The number of barbiturate groups is 1. The quantitative estimate of drug-likeness (QED) is 0.535. The summed E-state index contributed by atoms with van der Waals surface area (Å²) >= 11 is 0. The van der Waals surface area contributed by atoms with E-state index in [1.54, 1.807) is 6.92 Å². The van der Waals surface area contributed by atoms with Gasteiger partial charge in [0.05, 0.1) is 6.54 Å². The first-order chi connectivity index (χ1) is 8.12. The molecule has 0 radical (unpaired) electrons. The van der Waals surface area contributed by atoms with Gasteiger partial charge in [-0.2, -0.15) is 0 Å². The lowest BCUT2D eigenvalue weighted by atomic mass is 9.82. The zero-order chi connectivity index (χ0) is 12.5. The van der Waals surface area contributed by atoms with Crippen molar-refractivity contribution in [3.8, 4) is 11.8 Å². The number of amides is 4. The molecular formula is C12H14N2O3. The molecule has 2 rings (SSSR count). The summed E-state index contributed by atoms with van der Waals surface area (Å²) < 4.78 is 0. The predicted octanol–water partition coefficient (Wildman–Crippen LogP) is 0.648. The van der Waals surface area contributed by atoms with E-state index in [0.29, 0.717) is 12.8 Å². The average molecular weight is 234 g/mol. The number of hydrogen-bond acceptors (Lipinski definition) is 3. The van der Waals surface area contributed by atoms with E-state index in [-0.39, 0.29) is 12.5 Å². The Bertz CT molecular complexity index is 438. The summed E-state index contributed by atoms with van der Waals surface area (Å²) in [6, 6.07) is -0.653. The highest BCUT2D eigenvalue weighted by molar-refractivity contribution is 6.19. The lowest BCUT2D eigenvalue weighted by Crippen LogP contribution is -2.63. The second-order valence-electron chi connectivity index (χ2n) is 4.37. The standard InChI is InChI=1S/C12H14N2O3/c1-2-3-8-14-10(16)12(6-4-5-7-12)9(15)13-11(14)17/h4-8H2,1H3,(H,13,15,17). The largest absolute Gasteiger partial charge is 0.331 e. The molecule has 1 saturated heterocycles. The predicted molar refractivity (Wildman–Crippen MR) is 59.6 cm³/mol. The summed E-state index contributed by atoms with van der Waals surface area (Å²) in [5.41, 5.74) is -1.01. The molecule has 0 aromatic heterocycles. The Balaban J connectivity index is 2.29. The van der Waals surface area contributed by atoms with Crippen LogP contribution in [0.5, 0.6) is 0 Å². The van der Waals surface area contributed by atoms with Crippen molar-refractivity contribution in [3.63, 3.8) is 0 Å². The summed E-state index contributed by atoms with van der Waals surface area (Å²) in [4.78, 5) is 36.7. The minimum Gasteiger partial charge on any atom is -0.277 e. The number of urea groups is 1. The van der Waals surface area contributed by atoms with Crippen LogP contribution in [0.2, 0.25) is 0 Å². The Kier molecular flexibility index (Phi) is 2.88. The molecular weight excluding hydrogens is 220 g/mol. The van der Waals surface area contributed by atoms with Crippen LogP contribution >= 0.6 is 0 Å². The van der Waals surface area contributed by atoms with Crippen molar-refractivity contribution >= 4 is 17.8 Å². The molecule has 4 amide bonds. The first kappa shape index (κ1) is 11.6. The monoisotopic (exact) mass is 234 g/mol. The summed E-state index contributed by atoms with van der Waals surface area (Å²) in [5, 5.41) is 2.26. The molecule has 1 aliphatic carbocycles. The zero-order valence-electron chi connectivity index (χ0n) is 9.71. The van der Waals surface area contributed by atoms with Crippen LogP contribution in [0.1, 0.15) is 32.6 Å². The fourth-order valence-electron chi connectivity index (χ4n) is 2.45. The van der Waals surface area contributed by atoms with Gasteiger partial charge in [0.15, 0.2) is 0 Å². The summed E-state index contributed by atoms with van der Waals surface area (Å²) in [5.74, 6) is 4.50. The minimum atomic E-state index is -1.01. The first-order valence-electron chi connectivity index (χ1n) is 5.69. The van der Waals surface area contributed by atoms with E-state index in [4.69, 9.17) is 0 Å². The SMILES string of the molecule is CC#CCN1C(=O)NC(=O)C2(CCCC2)C1=O. The van der Waals surface area contributed by atoms with Gasteiger partial charge in [0, 0.05) is 0 Å². The second-order valence-corrected chi connectivity index (χ2v) is 4.37. The fourth-order valence-corrected chi connectivity index (χ4v) is 2.45. The molecule has 1 saturated carbocycles. The minimum absolute atomic E-state index is 0.0518. The van der Waals surface area contributed by atoms with Gasteiger partial charge in [0.2, 0.25) is 11.8 Å². The topological polar surface area (TPSA) is 66.5 Å². The van der Waals surface area contributed by atoms with Crippen LogP contribution in [0.4, 0.5) is 4.79 Å².